The molecule has 3 amide bonds. The molecule has 1 atom stereocenters. The minimum absolute atomic E-state index is 0.153. The topological polar surface area (TPSA) is 79.5 Å². The van der Waals surface area contributed by atoms with Gasteiger partial charge in [0.2, 0.25) is 0 Å². The van der Waals surface area contributed by atoms with Crippen LogP contribution in [-0.2, 0) is 0 Å². The van der Waals surface area contributed by atoms with E-state index in [0.29, 0.717) is 23.9 Å². The molecule has 0 spiro atoms. The van der Waals surface area contributed by atoms with E-state index in [2.05, 4.69) is 16.0 Å². The van der Waals surface area contributed by atoms with Gasteiger partial charge in [-0.3, -0.25) is 4.79 Å². The molecule has 1 saturated carbocycles. The Labute approximate surface area is 159 Å². The van der Waals surface area contributed by atoms with Gasteiger partial charge in [0.1, 0.15) is 5.75 Å². The van der Waals surface area contributed by atoms with Gasteiger partial charge in [-0.1, -0.05) is 12.1 Å². The monoisotopic (exact) mass is 367 g/mol. The normalized spacial score (nSPS) is 14.1. The molecule has 0 saturated heterocycles. The first-order valence-corrected chi connectivity index (χ1v) is 9.26. The highest BCUT2D eigenvalue weighted by atomic mass is 16.5. The van der Waals surface area contributed by atoms with Gasteiger partial charge in [-0.15, -0.1) is 0 Å². The predicted molar refractivity (Wildman–Crippen MR) is 105 cm³/mol. The maximum absolute atomic E-state index is 12.5. The van der Waals surface area contributed by atoms with Crippen LogP contribution in [0.5, 0.6) is 5.75 Å². The molecule has 6 nitrogen and oxygen atoms in total. The quantitative estimate of drug-likeness (QED) is 0.695. The molecular formula is C21H25N3O3. The van der Waals surface area contributed by atoms with E-state index >= 15 is 0 Å². The van der Waals surface area contributed by atoms with Crippen LogP contribution in [0.25, 0.3) is 0 Å². The van der Waals surface area contributed by atoms with E-state index in [1.807, 2.05) is 38.1 Å². The molecule has 2 aromatic carbocycles. The van der Waals surface area contributed by atoms with Gasteiger partial charge in [0.25, 0.3) is 5.91 Å². The summed E-state index contributed by atoms with van der Waals surface area (Å²) in [5.41, 5.74) is 2.17. The van der Waals surface area contributed by atoms with E-state index in [-0.39, 0.29) is 18.0 Å². The van der Waals surface area contributed by atoms with Crippen LogP contribution < -0.4 is 20.7 Å². The molecule has 1 aliphatic carbocycles. The SMILES string of the molecule is CCOc1cccc(C(C)NC(=O)c2ccc(NC(=O)NC3CC3)cc2)c1. The maximum Gasteiger partial charge on any atom is 0.319 e. The number of nitrogens with one attached hydrogen (secondary N) is 3. The fourth-order valence-electron chi connectivity index (χ4n) is 2.69. The number of hydrogen-bond donors (Lipinski definition) is 3. The number of benzene rings is 2. The fourth-order valence-corrected chi connectivity index (χ4v) is 2.69. The van der Waals surface area contributed by atoms with Crippen LogP contribution in [0, 0.1) is 0 Å². The number of ether oxygens (including phenoxy) is 1. The minimum atomic E-state index is -0.211. The molecule has 2 aromatic rings. The standard InChI is InChI=1S/C21H25N3O3/c1-3-27-19-6-4-5-16(13-19)14(2)22-20(25)15-7-9-17(10-8-15)23-21(26)24-18-11-12-18/h4-10,13-14,18H,3,11-12H2,1-2H3,(H,22,25)(H2,23,24,26). The van der Waals surface area contributed by atoms with Crippen LogP contribution in [0.15, 0.2) is 48.5 Å². The van der Waals surface area contributed by atoms with Gasteiger partial charge < -0.3 is 20.7 Å². The van der Waals surface area contributed by atoms with Crippen molar-refractivity contribution in [1.82, 2.24) is 10.6 Å². The molecule has 1 aliphatic rings. The van der Waals surface area contributed by atoms with Crippen LogP contribution in [0.1, 0.15) is 48.7 Å². The third-order valence-electron chi connectivity index (χ3n) is 4.33. The Hall–Kier alpha value is -3.02. The summed E-state index contributed by atoms with van der Waals surface area (Å²) in [7, 11) is 0. The van der Waals surface area contributed by atoms with Crippen molar-refractivity contribution in [3.63, 3.8) is 0 Å². The van der Waals surface area contributed by atoms with Crippen molar-refractivity contribution in [3.05, 3.63) is 59.7 Å². The third kappa shape index (κ3) is 5.48. The Morgan fingerprint density at radius 2 is 1.89 bits per heavy atom. The lowest BCUT2D eigenvalue weighted by Crippen LogP contribution is -2.30. The highest BCUT2D eigenvalue weighted by molar-refractivity contribution is 5.95. The summed E-state index contributed by atoms with van der Waals surface area (Å²) in [6.45, 7) is 4.47. The van der Waals surface area contributed by atoms with Crippen molar-refractivity contribution >= 4 is 17.6 Å². The first-order chi connectivity index (χ1) is 13.0. The molecule has 3 N–H and O–H groups in total. The van der Waals surface area contributed by atoms with Crippen LogP contribution in [0.3, 0.4) is 0 Å². The van der Waals surface area contributed by atoms with Crippen molar-refractivity contribution in [1.29, 1.82) is 0 Å². The smallest absolute Gasteiger partial charge is 0.319 e. The van der Waals surface area contributed by atoms with Crippen molar-refractivity contribution < 1.29 is 14.3 Å². The average Bonchev–Trinajstić information content (AvgIpc) is 3.46. The summed E-state index contributed by atoms with van der Waals surface area (Å²) < 4.78 is 5.51. The van der Waals surface area contributed by atoms with Gasteiger partial charge in [-0.05, 0) is 68.7 Å². The van der Waals surface area contributed by atoms with Gasteiger partial charge in [-0.25, -0.2) is 4.79 Å². The molecule has 0 heterocycles. The zero-order chi connectivity index (χ0) is 19.2. The number of hydrogen-bond acceptors (Lipinski definition) is 3. The Balaban J connectivity index is 1.56. The van der Waals surface area contributed by atoms with Crippen molar-refractivity contribution in [2.45, 2.75) is 38.8 Å². The van der Waals surface area contributed by atoms with Crippen LogP contribution in [0.4, 0.5) is 10.5 Å². The zero-order valence-corrected chi connectivity index (χ0v) is 15.6. The van der Waals surface area contributed by atoms with Crippen molar-refractivity contribution in [2.75, 3.05) is 11.9 Å². The number of rotatable bonds is 7. The van der Waals surface area contributed by atoms with E-state index in [4.69, 9.17) is 4.74 Å². The van der Waals surface area contributed by atoms with Gasteiger partial charge in [0.05, 0.1) is 12.6 Å². The molecule has 1 fully saturated rings. The second-order valence-corrected chi connectivity index (χ2v) is 6.65. The first-order valence-electron chi connectivity index (χ1n) is 9.26. The molecule has 142 valence electrons. The first kappa shape index (κ1) is 18.8. The molecule has 0 aromatic heterocycles. The molecule has 27 heavy (non-hydrogen) atoms. The molecule has 1 unspecified atom stereocenters. The van der Waals surface area contributed by atoms with E-state index in [1.54, 1.807) is 24.3 Å². The van der Waals surface area contributed by atoms with Gasteiger partial charge in [0, 0.05) is 17.3 Å². The van der Waals surface area contributed by atoms with Crippen LogP contribution >= 0.6 is 0 Å². The lowest BCUT2D eigenvalue weighted by atomic mass is 10.1. The molecule has 0 radical (unpaired) electrons. The number of amides is 3. The van der Waals surface area contributed by atoms with E-state index in [9.17, 15) is 9.59 Å². The minimum Gasteiger partial charge on any atom is -0.494 e. The van der Waals surface area contributed by atoms with Gasteiger partial charge >= 0.3 is 6.03 Å². The Morgan fingerprint density at radius 1 is 1.15 bits per heavy atom. The summed E-state index contributed by atoms with van der Waals surface area (Å²) in [4.78, 5) is 24.2. The highest BCUT2D eigenvalue weighted by Crippen LogP contribution is 2.20. The average molecular weight is 367 g/mol. The number of carbonyl (C=O) groups excluding carboxylic acids is 2. The maximum atomic E-state index is 12.5. The van der Waals surface area contributed by atoms with E-state index in [1.165, 1.54) is 0 Å². The summed E-state index contributed by atoms with van der Waals surface area (Å²) in [6, 6.07) is 14.5. The van der Waals surface area contributed by atoms with Gasteiger partial charge in [-0.2, -0.15) is 0 Å². The lowest BCUT2D eigenvalue weighted by molar-refractivity contribution is 0.0940. The lowest BCUT2D eigenvalue weighted by Gasteiger charge is -2.16. The summed E-state index contributed by atoms with van der Waals surface area (Å²) in [6.07, 6.45) is 2.08. The molecule has 3 rings (SSSR count). The second-order valence-electron chi connectivity index (χ2n) is 6.65. The Kier molecular flexibility index (Phi) is 5.96. The van der Waals surface area contributed by atoms with Gasteiger partial charge in [0.15, 0.2) is 0 Å². The number of urea groups is 1. The third-order valence-corrected chi connectivity index (χ3v) is 4.33. The molecule has 0 bridgehead atoms. The van der Waals surface area contributed by atoms with E-state index in [0.717, 1.165) is 24.2 Å². The Bertz CT molecular complexity index is 801. The van der Waals surface area contributed by atoms with Crippen molar-refractivity contribution in [2.24, 2.45) is 0 Å². The second kappa shape index (κ2) is 8.58. The van der Waals surface area contributed by atoms with Crippen LogP contribution in [0.2, 0.25) is 0 Å². The highest BCUT2D eigenvalue weighted by Gasteiger charge is 2.23. The van der Waals surface area contributed by atoms with E-state index < -0.39 is 0 Å². The summed E-state index contributed by atoms with van der Waals surface area (Å²) in [5, 5.41) is 8.61. The fraction of sp³-hybridized carbons (Fsp3) is 0.333. The number of anilines is 1. The molecular weight excluding hydrogens is 342 g/mol. The largest absolute Gasteiger partial charge is 0.494 e. The Morgan fingerprint density at radius 3 is 2.56 bits per heavy atom. The summed E-state index contributed by atoms with van der Waals surface area (Å²) >= 11 is 0. The van der Waals surface area contributed by atoms with Crippen LogP contribution in [-0.4, -0.2) is 24.6 Å². The summed E-state index contributed by atoms with van der Waals surface area (Å²) in [5.74, 6) is 0.620. The number of carbonyl (C=O) groups is 2. The predicted octanol–water partition coefficient (Wildman–Crippen LogP) is 3.86. The van der Waals surface area contributed by atoms with Crippen molar-refractivity contribution in [3.8, 4) is 5.75 Å². The zero-order valence-electron chi connectivity index (χ0n) is 15.6. The molecule has 6 heteroatoms. The molecule has 0 aliphatic heterocycles.